The fourth-order valence-corrected chi connectivity index (χ4v) is 4.71. The third kappa shape index (κ3) is 9.05. The zero-order valence-electron chi connectivity index (χ0n) is 21.8. The monoisotopic (exact) mass is 505 g/mol. The quantitative estimate of drug-likeness (QED) is 0.284. The largest absolute Gasteiger partial charge is 0.760 e. The average molecular weight is 506 g/mol. The van der Waals surface area contributed by atoms with Crippen LogP contribution >= 0.6 is 0 Å². The maximum absolute atomic E-state index is 13.1. The minimum atomic E-state index is -2.24. The van der Waals surface area contributed by atoms with E-state index in [9.17, 15) is 18.4 Å². The number of hydrogen-bond donors (Lipinski definition) is 3. The normalized spacial score (nSPS) is 14.8. The van der Waals surface area contributed by atoms with E-state index in [1.807, 2.05) is 72.0 Å². The molecule has 2 rings (SSSR count). The number of aromatic nitrogens is 1. The van der Waals surface area contributed by atoms with Crippen molar-refractivity contribution in [1.29, 1.82) is 0 Å². The molecule has 196 valence electrons. The minimum Gasteiger partial charge on any atom is -0.760 e. The summed E-state index contributed by atoms with van der Waals surface area (Å²) >= 11 is -2.24. The van der Waals surface area contributed by atoms with Gasteiger partial charge in [0.1, 0.15) is 6.04 Å². The van der Waals surface area contributed by atoms with Crippen LogP contribution < -0.4 is 10.6 Å². The van der Waals surface area contributed by atoms with Crippen LogP contribution in [0.1, 0.15) is 66.4 Å². The topological polar surface area (TPSA) is 117 Å². The van der Waals surface area contributed by atoms with E-state index in [4.69, 9.17) is 0 Å². The average Bonchev–Trinajstić information content (AvgIpc) is 3.18. The van der Waals surface area contributed by atoms with Crippen molar-refractivity contribution < 1.29 is 18.4 Å². The molecular formula is C26H41N4O4S-. The first-order chi connectivity index (χ1) is 16.4. The van der Waals surface area contributed by atoms with Gasteiger partial charge in [-0.1, -0.05) is 59.2 Å². The van der Waals surface area contributed by atoms with Gasteiger partial charge in [-0.3, -0.25) is 13.8 Å². The van der Waals surface area contributed by atoms with Crippen molar-refractivity contribution in [2.24, 2.45) is 11.3 Å². The van der Waals surface area contributed by atoms with Crippen LogP contribution in [0.2, 0.25) is 0 Å². The number of carbonyl (C=O) groups is 2. The van der Waals surface area contributed by atoms with Crippen molar-refractivity contribution in [2.75, 3.05) is 13.1 Å². The van der Waals surface area contributed by atoms with Gasteiger partial charge in [-0.15, -0.1) is 0 Å². The molecule has 2 aromatic rings. The van der Waals surface area contributed by atoms with E-state index in [-0.39, 0.29) is 23.8 Å². The van der Waals surface area contributed by atoms with E-state index in [0.29, 0.717) is 19.5 Å². The van der Waals surface area contributed by atoms with Crippen molar-refractivity contribution in [2.45, 2.75) is 79.3 Å². The number of carbonyl (C=O) groups excluding carboxylic acids is 2. The van der Waals surface area contributed by atoms with Crippen LogP contribution in [0.15, 0.2) is 30.5 Å². The highest BCUT2D eigenvalue weighted by Crippen LogP contribution is 2.20. The molecule has 0 saturated heterocycles. The maximum Gasteiger partial charge on any atom is 0.242 e. The van der Waals surface area contributed by atoms with Gasteiger partial charge in [0, 0.05) is 59.3 Å². The number of amides is 2. The Morgan fingerprint density at radius 3 is 2.46 bits per heavy atom. The highest BCUT2D eigenvalue weighted by atomic mass is 32.2. The number of nitrogens with one attached hydrogen (secondary N) is 3. The first-order valence-corrected chi connectivity index (χ1v) is 13.4. The van der Waals surface area contributed by atoms with E-state index in [1.165, 1.54) is 4.31 Å². The van der Waals surface area contributed by atoms with Crippen molar-refractivity contribution >= 4 is 34.0 Å². The van der Waals surface area contributed by atoms with Crippen molar-refractivity contribution in [1.82, 2.24) is 19.9 Å². The highest BCUT2D eigenvalue weighted by molar-refractivity contribution is 7.76. The predicted molar refractivity (Wildman–Crippen MR) is 140 cm³/mol. The smallest absolute Gasteiger partial charge is 0.242 e. The van der Waals surface area contributed by atoms with Gasteiger partial charge in [-0.05, 0) is 37.3 Å². The molecule has 0 radical (unpaired) electrons. The third-order valence-corrected chi connectivity index (χ3v) is 6.87. The van der Waals surface area contributed by atoms with E-state index in [1.54, 1.807) is 0 Å². The molecule has 35 heavy (non-hydrogen) atoms. The summed E-state index contributed by atoms with van der Waals surface area (Å²) in [6.45, 7) is 12.3. The van der Waals surface area contributed by atoms with Gasteiger partial charge in [0.25, 0.3) is 0 Å². The number of para-hydroxylation sites is 1. The summed E-state index contributed by atoms with van der Waals surface area (Å²) < 4.78 is 24.6. The van der Waals surface area contributed by atoms with Crippen LogP contribution in [0.25, 0.3) is 10.9 Å². The standard InChI is InChI=1S/C26H42N4O4S/c1-18(2)17-30(35(33)34)19(3)11-9-10-14-27-24(31)23(29-25(32)26(4,5)6)15-20-16-28-22-13-8-7-12-21(20)22/h7-8,12-13,16,18-19,23,28H,9-11,14-15,17H2,1-6H3,(H,27,31)(H,29,32)(H,33,34)/p-1/t19-,23+/m1/s1. The van der Waals surface area contributed by atoms with Gasteiger partial charge in [0.15, 0.2) is 0 Å². The molecule has 1 aromatic carbocycles. The number of nitrogens with zero attached hydrogens (tertiary/aromatic N) is 1. The Bertz CT molecular complexity index is 999. The molecule has 0 bridgehead atoms. The Labute approximate surface area is 212 Å². The van der Waals surface area contributed by atoms with Crippen LogP contribution in [-0.2, 0) is 27.3 Å². The van der Waals surface area contributed by atoms with Gasteiger partial charge < -0.3 is 20.2 Å². The summed E-state index contributed by atoms with van der Waals surface area (Å²) in [6, 6.07) is 7.10. The second-order valence-corrected chi connectivity index (χ2v) is 11.6. The number of fused-ring (bicyclic) bond motifs is 1. The Morgan fingerprint density at radius 2 is 1.83 bits per heavy atom. The molecule has 9 heteroatoms. The van der Waals surface area contributed by atoms with Gasteiger partial charge in [-0.2, -0.15) is 0 Å². The number of unbranched alkanes of at least 4 members (excludes halogenated alkanes) is 1. The molecule has 0 aliphatic rings. The van der Waals surface area contributed by atoms with Gasteiger partial charge in [-0.25, -0.2) is 4.31 Å². The highest BCUT2D eigenvalue weighted by Gasteiger charge is 2.28. The third-order valence-electron chi connectivity index (χ3n) is 5.98. The van der Waals surface area contributed by atoms with Crippen LogP contribution in [0.3, 0.4) is 0 Å². The number of benzene rings is 1. The summed E-state index contributed by atoms with van der Waals surface area (Å²) in [5.41, 5.74) is 1.35. The lowest BCUT2D eigenvalue weighted by Crippen LogP contribution is -2.51. The molecule has 0 fully saturated rings. The van der Waals surface area contributed by atoms with Gasteiger partial charge in [0.2, 0.25) is 11.8 Å². The summed E-state index contributed by atoms with van der Waals surface area (Å²) in [5, 5.41) is 6.92. The first kappa shape index (κ1) is 29.0. The molecule has 1 heterocycles. The summed E-state index contributed by atoms with van der Waals surface area (Å²) in [4.78, 5) is 28.9. The molecule has 1 unspecified atom stereocenters. The Morgan fingerprint density at radius 1 is 1.14 bits per heavy atom. The molecule has 1 aromatic heterocycles. The van der Waals surface area contributed by atoms with Crippen LogP contribution in [-0.4, -0.2) is 55.0 Å². The zero-order chi connectivity index (χ0) is 26.2. The minimum absolute atomic E-state index is 0.0906. The number of aromatic amines is 1. The molecule has 3 atom stereocenters. The molecule has 0 aliphatic heterocycles. The van der Waals surface area contributed by atoms with E-state index < -0.39 is 22.7 Å². The summed E-state index contributed by atoms with van der Waals surface area (Å²) in [6.07, 6.45) is 4.50. The second kappa shape index (κ2) is 13.2. The molecule has 3 N–H and O–H groups in total. The van der Waals surface area contributed by atoms with Gasteiger partial charge >= 0.3 is 0 Å². The molecule has 0 spiro atoms. The van der Waals surface area contributed by atoms with Crippen LogP contribution in [0, 0.1) is 11.3 Å². The van der Waals surface area contributed by atoms with Crippen LogP contribution in [0.5, 0.6) is 0 Å². The summed E-state index contributed by atoms with van der Waals surface area (Å²) in [7, 11) is 0. The molecule has 0 aliphatic carbocycles. The predicted octanol–water partition coefficient (Wildman–Crippen LogP) is 3.67. The maximum atomic E-state index is 13.1. The molecule has 8 nitrogen and oxygen atoms in total. The lowest BCUT2D eigenvalue weighted by atomic mass is 9.94. The zero-order valence-corrected chi connectivity index (χ0v) is 22.7. The fourth-order valence-electron chi connectivity index (χ4n) is 3.90. The molecule has 2 amide bonds. The van der Waals surface area contributed by atoms with Crippen molar-refractivity contribution in [3.63, 3.8) is 0 Å². The van der Waals surface area contributed by atoms with Crippen molar-refractivity contribution in [3.8, 4) is 0 Å². The number of rotatable bonds is 13. The fraction of sp³-hybridized carbons (Fsp3) is 0.615. The van der Waals surface area contributed by atoms with E-state index in [2.05, 4.69) is 15.6 Å². The van der Waals surface area contributed by atoms with E-state index >= 15 is 0 Å². The second-order valence-electron chi connectivity index (χ2n) is 10.7. The van der Waals surface area contributed by atoms with Gasteiger partial charge in [0.05, 0.1) is 0 Å². The Hall–Kier alpha value is -2.23. The lowest BCUT2D eigenvalue weighted by molar-refractivity contribution is -0.133. The molecule has 0 saturated carbocycles. The SMILES string of the molecule is CC(C)CN([C@H](C)CCCCNC(=O)[C@H](Cc1c[nH]c2ccccc12)NC(=O)C(C)(C)C)S(=O)[O-]. The van der Waals surface area contributed by atoms with E-state index in [0.717, 1.165) is 35.7 Å². The summed E-state index contributed by atoms with van der Waals surface area (Å²) in [5.74, 6) is -0.141. The number of hydrogen-bond acceptors (Lipinski definition) is 4. The first-order valence-electron chi connectivity index (χ1n) is 12.4. The Kier molecular flexibility index (Phi) is 10.9. The van der Waals surface area contributed by atoms with Crippen molar-refractivity contribution in [3.05, 3.63) is 36.0 Å². The lowest BCUT2D eigenvalue weighted by Gasteiger charge is -2.31. The molecular weight excluding hydrogens is 464 g/mol. The Balaban J connectivity index is 1.94. The number of H-pyrrole nitrogens is 1. The van der Waals surface area contributed by atoms with Crippen LogP contribution in [0.4, 0.5) is 0 Å².